The van der Waals surface area contributed by atoms with Gasteiger partial charge in [0.25, 0.3) is 0 Å². The number of aliphatic hydroxyl groups is 1. The SMILES string of the molecule is CCC1CCCC(NC(=O)NCC(O)c2ccsc2)C1. The maximum Gasteiger partial charge on any atom is 0.315 e. The summed E-state index contributed by atoms with van der Waals surface area (Å²) < 4.78 is 0. The Labute approximate surface area is 124 Å². The van der Waals surface area contributed by atoms with E-state index < -0.39 is 6.10 Å². The topological polar surface area (TPSA) is 61.4 Å². The van der Waals surface area contributed by atoms with Crippen molar-refractivity contribution in [1.29, 1.82) is 0 Å². The third kappa shape index (κ3) is 4.49. The maximum atomic E-state index is 11.8. The average molecular weight is 296 g/mol. The van der Waals surface area contributed by atoms with Crippen LogP contribution in [0.5, 0.6) is 0 Å². The van der Waals surface area contributed by atoms with Gasteiger partial charge in [-0.25, -0.2) is 4.79 Å². The Bertz CT molecular complexity index is 408. The quantitative estimate of drug-likeness (QED) is 0.782. The lowest BCUT2D eigenvalue weighted by atomic mass is 9.84. The molecule has 0 saturated heterocycles. The molecule has 0 aromatic carbocycles. The van der Waals surface area contributed by atoms with Gasteiger partial charge < -0.3 is 15.7 Å². The van der Waals surface area contributed by atoms with Crippen LogP contribution in [0.2, 0.25) is 0 Å². The van der Waals surface area contributed by atoms with E-state index in [1.54, 1.807) is 11.3 Å². The van der Waals surface area contributed by atoms with Crippen LogP contribution in [0.15, 0.2) is 16.8 Å². The van der Waals surface area contributed by atoms with Crippen LogP contribution in [-0.4, -0.2) is 23.7 Å². The number of amides is 2. The fourth-order valence-corrected chi connectivity index (χ4v) is 3.51. The highest BCUT2D eigenvalue weighted by atomic mass is 32.1. The van der Waals surface area contributed by atoms with Crippen molar-refractivity contribution in [1.82, 2.24) is 10.6 Å². The molecule has 3 N–H and O–H groups in total. The summed E-state index contributed by atoms with van der Waals surface area (Å²) in [5.74, 6) is 0.741. The zero-order chi connectivity index (χ0) is 14.4. The number of hydrogen-bond acceptors (Lipinski definition) is 3. The largest absolute Gasteiger partial charge is 0.387 e. The van der Waals surface area contributed by atoms with Crippen LogP contribution in [0.1, 0.15) is 50.7 Å². The smallest absolute Gasteiger partial charge is 0.315 e. The van der Waals surface area contributed by atoms with Crippen molar-refractivity contribution in [3.05, 3.63) is 22.4 Å². The number of carbonyl (C=O) groups is 1. The molecular formula is C15H24N2O2S. The molecule has 112 valence electrons. The molecule has 0 spiro atoms. The summed E-state index contributed by atoms with van der Waals surface area (Å²) in [6.07, 6.45) is 5.19. The van der Waals surface area contributed by atoms with E-state index in [1.165, 1.54) is 19.3 Å². The molecule has 2 amide bonds. The first-order valence-electron chi connectivity index (χ1n) is 7.43. The zero-order valence-corrected chi connectivity index (χ0v) is 12.8. The highest BCUT2D eigenvalue weighted by Gasteiger charge is 2.22. The number of rotatable bonds is 5. The Morgan fingerprint density at radius 2 is 2.40 bits per heavy atom. The van der Waals surface area contributed by atoms with Crippen LogP contribution in [0, 0.1) is 5.92 Å². The zero-order valence-electron chi connectivity index (χ0n) is 12.0. The van der Waals surface area contributed by atoms with Crippen LogP contribution < -0.4 is 10.6 Å². The van der Waals surface area contributed by atoms with Crippen molar-refractivity contribution in [3.8, 4) is 0 Å². The van der Waals surface area contributed by atoms with Crippen molar-refractivity contribution in [3.63, 3.8) is 0 Å². The molecule has 1 aromatic heterocycles. The van der Waals surface area contributed by atoms with Gasteiger partial charge in [0.1, 0.15) is 0 Å². The molecule has 5 heteroatoms. The Balaban J connectivity index is 1.70. The number of carbonyl (C=O) groups excluding carboxylic acids is 1. The molecule has 3 atom stereocenters. The molecule has 3 unspecified atom stereocenters. The third-order valence-corrected chi connectivity index (χ3v) is 4.78. The summed E-state index contributed by atoms with van der Waals surface area (Å²) in [7, 11) is 0. The second kappa shape index (κ2) is 7.64. The number of hydrogen-bond donors (Lipinski definition) is 3. The lowest BCUT2D eigenvalue weighted by Gasteiger charge is -2.29. The monoisotopic (exact) mass is 296 g/mol. The van der Waals surface area contributed by atoms with E-state index in [9.17, 15) is 9.90 Å². The molecule has 1 aliphatic carbocycles. The summed E-state index contributed by atoms with van der Waals surface area (Å²) in [4.78, 5) is 11.8. The van der Waals surface area contributed by atoms with E-state index in [4.69, 9.17) is 0 Å². The Kier molecular flexibility index (Phi) is 5.86. The third-order valence-electron chi connectivity index (χ3n) is 4.08. The predicted molar refractivity (Wildman–Crippen MR) is 81.9 cm³/mol. The summed E-state index contributed by atoms with van der Waals surface area (Å²) in [6, 6.07) is 2.00. The lowest BCUT2D eigenvalue weighted by Crippen LogP contribution is -2.45. The molecule has 4 nitrogen and oxygen atoms in total. The van der Waals surface area contributed by atoms with Gasteiger partial charge in [-0.15, -0.1) is 0 Å². The summed E-state index contributed by atoms with van der Waals surface area (Å²) in [5, 5.41) is 19.5. The number of thiophene rings is 1. The average Bonchev–Trinajstić information content (AvgIpc) is 2.99. The second-order valence-electron chi connectivity index (χ2n) is 5.56. The molecule has 0 radical (unpaired) electrons. The van der Waals surface area contributed by atoms with Crippen LogP contribution in [-0.2, 0) is 0 Å². The van der Waals surface area contributed by atoms with Crippen molar-refractivity contribution in [2.45, 2.75) is 51.2 Å². The summed E-state index contributed by atoms with van der Waals surface area (Å²) in [6.45, 7) is 2.47. The van der Waals surface area contributed by atoms with Crippen LogP contribution in [0.4, 0.5) is 4.79 Å². The van der Waals surface area contributed by atoms with Crippen LogP contribution >= 0.6 is 11.3 Å². The second-order valence-corrected chi connectivity index (χ2v) is 6.34. The lowest BCUT2D eigenvalue weighted by molar-refractivity contribution is 0.171. The van der Waals surface area contributed by atoms with E-state index in [2.05, 4.69) is 17.6 Å². The minimum Gasteiger partial charge on any atom is -0.387 e. The predicted octanol–water partition coefficient (Wildman–Crippen LogP) is 3.05. The van der Waals surface area contributed by atoms with Crippen molar-refractivity contribution in [2.24, 2.45) is 5.92 Å². The minimum absolute atomic E-state index is 0.166. The molecular weight excluding hydrogens is 272 g/mol. The number of aliphatic hydroxyl groups excluding tert-OH is 1. The first kappa shape index (κ1) is 15.3. The molecule has 0 aliphatic heterocycles. The van der Waals surface area contributed by atoms with Crippen LogP contribution in [0.25, 0.3) is 0 Å². The van der Waals surface area contributed by atoms with Gasteiger partial charge in [0.15, 0.2) is 0 Å². The van der Waals surface area contributed by atoms with Crippen LogP contribution in [0.3, 0.4) is 0 Å². The minimum atomic E-state index is -0.623. The van der Waals surface area contributed by atoms with Gasteiger partial charge in [0.2, 0.25) is 0 Å². The van der Waals surface area contributed by atoms with E-state index in [0.29, 0.717) is 0 Å². The fourth-order valence-electron chi connectivity index (χ4n) is 2.80. The van der Waals surface area contributed by atoms with E-state index in [1.807, 2.05) is 16.8 Å². The summed E-state index contributed by atoms with van der Waals surface area (Å²) in [5.41, 5.74) is 0.860. The van der Waals surface area contributed by atoms with Crippen molar-refractivity contribution < 1.29 is 9.90 Å². The number of nitrogens with one attached hydrogen (secondary N) is 2. The van der Waals surface area contributed by atoms with E-state index in [-0.39, 0.29) is 18.6 Å². The van der Waals surface area contributed by atoms with E-state index >= 15 is 0 Å². The van der Waals surface area contributed by atoms with E-state index in [0.717, 1.165) is 24.3 Å². The molecule has 0 bridgehead atoms. The molecule has 1 aromatic rings. The van der Waals surface area contributed by atoms with Gasteiger partial charge in [0.05, 0.1) is 6.10 Å². The first-order chi connectivity index (χ1) is 9.69. The molecule has 1 heterocycles. The molecule has 20 heavy (non-hydrogen) atoms. The normalized spacial score (nSPS) is 24.1. The number of urea groups is 1. The molecule has 2 rings (SSSR count). The van der Waals surface area contributed by atoms with Gasteiger partial charge in [-0.3, -0.25) is 0 Å². The fraction of sp³-hybridized carbons (Fsp3) is 0.667. The first-order valence-corrected chi connectivity index (χ1v) is 8.37. The van der Waals surface area contributed by atoms with Gasteiger partial charge in [-0.1, -0.05) is 26.2 Å². The molecule has 1 aliphatic rings. The van der Waals surface area contributed by atoms with Gasteiger partial charge in [-0.05, 0) is 41.1 Å². The van der Waals surface area contributed by atoms with Crippen molar-refractivity contribution in [2.75, 3.05) is 6.54 Å². The molecule has 1 fully saturated rings. The van der Waals surface area contributed by atoms with Gasteiger partial charge >= 0.3 is 6.03 Å². The maximum absolute atomic E-state index is 11.8. The Hall–Kier alpha value is -1.07. The summed E-state index contributed by atoms with van der Waals surface area (Å²) >= 11 is 1.55. The highest BCUT2D eigenvalue weighted by molar-refractivity contribution is 7.07. The van der Waals surface area contributed by atoms with Gasteiger partial charge in [-0.2, -0.15) is 11.3 Å². The Morgan fingerprint density at radius 1 is 1.55 bits per heavy atom. The standard InChI is InChI=1S/C15H24N2O2S/c1-2-11-4-3-5-13(8-11)17-15(19)16-9-14(18)12-6-7-20-10-12/h6-7,10-11,13-14,18H,2-5,8-9H2,1H3,(H2,16,17,19). The highest BCUT2D eigenvalue weighted by Crippen LogP contribution is 2.26. The molecule has 1 saturated carbocycles. The van der Waals surface area contributed by atoms with Gasteiger partial charge in [0, 0.05) is 12.6 Å². The van der Waals surface area contributed by atoms with Crippen molar-refractivity contribution >= 4 is 17.4 Å². The Morgan fingerprint density at radius 3 is 3.10 bits per heavy atom.